The Balaban J connectivity index is 1.46. The molecule has 2 aliphatic heterocycles. The highest BCUT2D eigenvalue weighted by atomic mass is 16.5. The van der Waals surface area contributed by atoms with Crippen molar-refractivity contribution in [3.05, 3.63) is 47.9 Å². The number of morpholine rings is 1. The van der Waals surface area contributed by atoms with Crippen LogP contribution in [-0.2, 0) is 16.1 Å². The van der Waals surface area contributed by atoms with E-state index in [0.29, 0.717) is 24.1 Å². The lowest BCUT2D eigenvalue weighted by Crippen LogP contribution is -2.54. The van der Waals surface area contributed by atoms with Gasteiger partial charge in [0, 0.05) is 55.7 Å². The van der Waals surface area contributed by atoms with Crippen LogP contribution in [0, 0.1) is 6.92 Å². The molecule has 4 heterocycles. The van der Waals surface area contributed by atoms with Gasteiger partial charge in [-0.1, -0.05) is 0 Å². The third-order valence-electron chi connectivity index (χ3n) is 6.71. The molecule has 0 amide bonds. The Morgan fingerprint density at radius 1 is 1.11 bits per heavy atom. The molecule has 184 valence electrons. The van der Waals surface area contributed by atoms with Gasteiger partial charge in [0.05, 0.1) is 24.9 Å². The molecule has 9 heteroatoms. The van der Waals surface area contributed by atoms with E-state index in [1.807, 2.05) is 37.8 Å². The number of ketones is 1. The lowest BCUT2D eigenvalue weighted by molar-refractivity contribution is -0.124. The molecule has 1 N–H and O–H groups in total. The first-order valence-corrected chi connectivity index (χ1v) is 12.2. The fourth-order valence-electron chi connectivity index (χ4n) is 4.65. The summed E-state index contributed by atoms with van der Waals surface area (Å²) in [7, 11) is 0. The third-order valence-corrected chi connectivity index (χ3v) is 6.71. The fraction of sp³-hybridized carbons (Fsp3) is 0.462. The number of aromatic nitrogens is 3. The van der Waals surface area contributed by atoms with Crippen molar-refractivity contribution in [2.45, 2.75) is 45.7 Å². The van der Waals surface area contributed by atoms with Crippen LogP contribution in [0.15, 0.2) is 41.1 Å². The van der Waals surface area contributed by atoms with E-state index in [1.165, 1.54) is 0 Å². The second-order valence-corrected chi connectivity index (χ2v) is 9.70. The number of aryl methyl sites for hydroxylation is 1. The molecule has 5 rings (SSSR count). The normalized spacial score (nSPS) is 18.6. The summed E-state index contributed by atoms with van der Waals surface area (Å²) in [5, 5.41) is 3.34. The number of piperidine rings is 1. The van der Waals surface area contributed by atoms with Gasteiger partial charge >= 0.3 is 0 Å². The summed E-state index contributed by atoms with van der Waals surface area (Å²) in [5.41, 5.74) is 3.19. The standard InChI is InChI=1S/C26H32N6O3/c1-18-6-7-27-24(29-18)30-21-14-19(17-31-9-11-34-12-10-31)13-20(15-21)22-16-28-25(35-22)32-8-4-5-23(33)26(32,2)3/h6-7,13-16H,4-5,8-12,17H2,1-3H3,(H,27,29,30). The average Bonchev–Trinajstić information content (AvgIpc) is 3.31. The van der Waals surface area contributed by atoms with Crippen molar-refractivity contribution >= 4 is 23.4 Å². The van der Waals surface area contributed by atoms with Crippen LogP contribution >= 0.6 is 0 Å². The number of hydrogen-bond acceptors (Lipinski definition) is 9. The van der Waals surface area contributed by atoms with Gasteiger partial charge in [0.2, 0.25) is 5.95 Å². The van der Waals surface area contributed by atoms with Crippen molar-refractivity contribution in [2.24, 2.45) is 0 Å². The monoisotopic (exact) mass is 476 g/mol. The molecule has 0 atom stereocenters. The van der Waals surface area contributed by atoms with E-state index in [9.17, 15) is 4.79 Å². The molecule has 9 nitrogen and oxygen atoms in total. The van der Waals surface area contributed by atoms with Crippen molar-refractivity contribution in [3.8, 4) is 11.3 Å². The number of hydrogen-bond donors (Lipinski definition) is 1. The van der Waals surface area contributed by atoms with Gasteiger partial charge in [-0.05, 0) is 57.0 Å². The molecule has 2 saturated heterocycles. The minimum atomic E-state index is -0.631. The number of nitrogens with one attached hydrogen (secondary N) is 1. The molecular formula is C26H32N6O3. The second kappa shape index (κ2) is 9.75. The number of oxazole rings is 1. The van der Waals surface area contributed by atoms with Crippen LogP contribution < -0.4 is 10.2 Å². The number of benzene rings is 1. The Bertz CT molecular complexity index is 1200. The smallest absolute Gasteiger partial charge is 0.298 e. The van der Waals surface area contributed by atoms with Crippen LogP contribution in [-0.4, -0.2) is 64.0 Å². The molecule has 35 heavy (non-hydrogen) atoms. The van der Waals surface area contributed by atoms with Crippen molar-refractivity contribution in [3.63, 3.8) is 0 Å². The molecule has 0 unspecified atom stereocenters. The van der Waals surface area contributed by atoms with Gasteiger partial charge in [0.15, 0.2) is 11.5 Å². The number of carbonyl (C=O) groups excluding carboxylic acids is 1. The Hall–Kier alpha value is -3.30. The lowest BCUT2D eigenvalue weighted by Gasteiger charge is -2.39. The minimum Gasteiger partial charge on any atom is -0.423 e. The highest BCUT2D eigenvalue weighted by Gasteiger charge is 2.39. The Kier molecular flexibility index (Phi) is 6.53. The van der Waals surface area contributed by atoms with Crippen LogP contribution in [0.3, 0.4) is 0 Å². The van der Waals surface area contributed by atoms with E-state index in [-0.39, 0.29) is 5.78 Å². The van der Waals surface area contributed by atoms with Gasteiger partial charge in [-0.25, -0.2) is 15.0 Å². The zero-order chi connectivity index (χ0) is 24.4. The molecule has 0 radical (unpaired) electrons. The topological polar surface area (TPSA) is 96.6 Å². The number of rotatable bonds is 6. The summed E-state index contributed by atoms with van der Waals surface area (Å²) < 4.78 is 11.7. The molecule has 1 aromatic carbocycles. The van der Waals surface area contributed by atoms with Gasteiger partial charge < -0.3 is 19.4 Å². The molecule has 0 saturated carbocycles. The first-order chi connectivity index (χ1) is 16.9. The second-order valence-electron chi connectivity index (χ2n) is 9.70. The largest absolute Gasteiger partial charge is 0.423 e. The fourth-order valence-corrected chi connectivity index (χ4v) is 4.65. The van der Waals surface area contributed by atoms with E-state index in [1.54, 1.807) is 12.4 Å². The summed E-state index contributed by atoms with van der Waals surface area (Å²) in [6, 6.07) is 8.62. The van der Waals surface area contributed by atoms with Gasteiger partial charge in [0.1, 0.15) is 0 Å². The maximum absolute atomic E-state index is 12.5. The van der Waals surface area contributed by atoms with Crippen molar-refractivity contribution < 1.29 is 13.9 Å². The Morgan fingerprint density at radius 3 is 2.74 bits per heavy atom. The van der Waals surface area contributed by atoms with Gasteiger partial charge in [-0.3, -0.25) is 9.69 Å². The molecule has 2 aliphatic rings. The quantitative estimate of drug-likeness (QED) is 0.567. The van der Waals surface area contributed by atoms with Crippen LogP contribution in [0.2, 0.25) is 0 Å². The molecule has 3 aromatic rings. The number of nitrogens with zero attached hydrogens (tertiary/aromatic N) is 5. The minimum absolute atomic E-state index is 0.209. The number of Topliss-reactive ketones (excluding diaryl/α,β-unsaturated/α-hetero) is 1. The highest BCUT2D eigenvalue weighted by molar-refractivity contribution is 5.91. The summed E-state index contributed by atoms with van der Waals surface area (Å²) in [6.45, 7) is 10.7. The Labute approximate surface area is 205 Å². The third kappa shape index (κ3) is 5.21. The predicted molar refractivity (Wildman–Crippen MR) is 134 cm³/mol. The number of ether oxygens (including phenoxy) is 1. The van der Waals surface area contributed by atoms with Gasteiger partial charge in [0.25, 0.3) is 6.01 Å². The summed E-state index contributed by atoms with van der Waals surface area (Å²) >= 11 is 0. The van der Waals surface area contributed by atoms with Crippen molar-refractivity contribution in [1.29, 1.82) is 0 Å². The van der Waals surface area contributed by atoms with E-state index in [4.69, 9.17) is 9.15 Å². The van der Waals surface area contributed by atoms with Crippen LogP contribution in [0.25, 0.3) is 11.3 Å². The molecule has 2 fully saturated rings. The molecular weight excluding hydrogens is 444 g/mol. The van der Waals surface area contributed by atoms with Crippen LogP contribution in [0.4, 0.5) is 17.7 Å². The van der Waals surface area contributed by atoms with Crippen LogP contribution in [0.1, 0.15) is 37.9 Å². The van der Waals surface area contributed by atoms with E-state index in [0.717, 1.165) is 68.3 Å². The first kappa shape index (κ1) is 23.4. The lowest BCUT2D eigenvalue weighted by atomic mass is 9.89. The van der Waals surface area contributed by atoms with E-state index >= 15 is 0 Å². The highest BCUT2D eigenvalue weighted by Crippen LogP contribution is 2.34. The van der Waals surface area contributed by atoms with E-state index in [2.05, 4.69) is 37.3 Å². The summed E-state index contributed by atoms with van der Waals surface area (Å²) in [4.78, 5) is 30.2. The molecule has 2 aromatic heterocycles. The zero-order valence-corrected chi connectivity index (χ0v) is 20.6. The summed E-state index contributed by atoms with van der Waals surface area (Å²) in [5.74, 6) is 1.41. The zero-order valence-electron chi connectivity index (χ0n) is 20.6. The Morgan fingerprint density at radius 2 is 1.94 bits per heavy atom. The number of anilines is 3. The first-order valence-electron chi connectivity index (χ1n) is 12.2. The molecule has 0 bridgehead atoms. The maximum atomic E-state index is 12.5. The molecule has 0 spiro atoms. The number of carbonyl (C=O) groups is 1. The van der Waals surface area contributed by atoms with Gasteiger partial charge in [-0.2, -0.15) is 0 Å². The van der Waals surface area contributed by atoms with Crippen molar-refractivity contribution in [1.82, 2.24) is 19.9 Å². The van der Waals surface area contributed by atoms with Crippen molar-refractivity contribution in [2.75, 3.05) is 43.1 Å². The average molecular weight is 477 g/mol. The summed E-state index contributed by atoms with van der Waals surface area (Å²) in [6.07, 6.45) is 4.88. The van der Waals surface area contributed by atoms with Gasteiger partial charge in [-0.15, -0.1) is 0 Å². The molecule has 0 aliphatic carbocycles. The van der Waals surface area contributed by atoms with E-state index < -0.39 is 5.54 Å². The predicted octanol–water partition coefficient (Wildman–Crippen LogP) is 3.96. The van der Waals surface area contributed by atoms with Crippen LogP contribution in [0.5, 0.6) is 0 Å². The SMILES string of the molecule is Cc1ccnc(Nc2cc(CN3CCOCC3)cc(-c3cnc(N4CCCC(=O)C4(C)C)o3)c2)n1. The maximum Gasteiger partial charge on any atom is 0.298 e.